The second-order valence-electron chi connectivity index (χ2n) is 7.17. The van der Waals surface area contributed by atoms with E-state index in [1.807, 2.05) is 0 Å². The number of nitrogens with zero attached hydrogens (tertiary/aromatic N) is 6. The molecule has 0 bridgehead atoms. The summed E-state index contributed by atoms with van der Waals surface area (Å²) in [6, 6.07) is 9.72. The molecular formula is C23H18ClFN8O. The van der Waals surface area contributed by atoms with Crippen molar-refractivity contribution in [2.24, 2.45) is 0 Å². The van der Waals surface area contributed by atoms with E-state index in [0.717, 1.165) is 5.82 Å². The first-order chi connectivity index (χ1) is 16.6. The number of pyridine rings is 1. The van der Waals surface area contributed by atoms with Crippen molar-refractivity contribution < 1.29 is 9.13 Å². The van der Waals surface area contributed by atoms with Crippen LogP contribution in [0.3, 0.4) is 0 Å². The highest BCUT2D eigenvalue weighted by Crippen LogP contribution is 2.31. The number of aromatic nitrogens is 7. The van der Waals surface area contributed by atoms with Crippen LogP contribution in [-0.2, 0) is 6.54 Å². The van der Waals surface area contributed by atoms with Gasteiger partial charge in [-0.3, -0.25) is 0 Å². The minimum atomic E-state index is -0.468. The van der Waals surface area contributed by atoms with Crippen LogP contribution in [0, 0.1) is 5.82 Å². The first-order valence-electron chi connectivity index (χ1n) is 10.2. The van der Waals surface area contributed by atoms with Gasteiger partial charge < -0.3 is 15.0 Å². The number of aromatic amines is 1. The van der Waals surface area contributed by atoms with E-state index in [-0.39, 0.29) is 11.4 Å². The molecule has 170 valence electrons. The molecule has 0 atom stereocenters. The van der Waals surface area contributed by atoms with Gasteiger partial charge in [-0.15, -0.1) is 0 Å². The Bertz CT molecular complexity index is 1440. The summed E-state index contributed by atoms with van der Waals surface area (Å²) in [5.41, 5.74) is 1.47. The van der Waals surface area contributed by atoms with Crippen LogP contribution in [0.5, 0.6) is 5.75 Å². The Labute approximate surface area is 198 Å². The van der Waals surface area contributed by atoms with E-state index in [1.54, 1.807) is 66.0 Å². The smallest absolute Gasteiger partial charge is 0.166 e. The molecule has 4 aromatic heterocycles. The van der Waals surface area contributed by atoms with Crippen LogP contribution in [0.15, 0.2) is 67.4 Å². The van der Waals surface area contributed by atoms with Gasteiger partial charge in [0.25, 0.3) is 0 Å². The standard InChI is InChI=1S/C23H18ClFN8O/c1-34-18-4-2-3-16(25)22(18)23-28-6-5-17(31-23)14-11-30-33(13-14)21-10-15(24)9-19(32-21)29-12-20-26-7-8-27-20/h2-11,13H,12H2,1H3,(H,26,27)(H,29,32). The molecule has 4 heterocycles. The molecule has 11 heteroatoms. The molecule has 0 saturated heterocycles. The Morgan fingerprint density at radius 1 is 1.15 bits per heavy atom. The Morgan fingerprint density at radius 2 is 2.06 bits per heavy atom. The van der Waals surface area contributed by atoms with Crippen LogP contribution in [0.25, 0.3) is 28.5 Å². The van der Waals surface area contributed by atoms with E-state index >= 15 is 0 Å². The number of halogens is 2. The molecule has 5 rings (SSSR count). The van der Waals surface area contributed by atoms with Crippen molar-refractivity contribution in [3.05, 3.63) is 84.0 Å². The van der Waals surface area contributed by atoms with Crippen LogP contribution < -0.4 is 10.1 Å². The molecule has 0 saturated carbocycles. The van der Waals surface area contributed by atoms with Crippen molar-refractivity contribution in [2.75, 3.05) is 12.4 Å². The fourth-order valence-electron chi connectivity index (χ4n) is 3.37. The van der Waals surface area contributed by atoms with E-state index in [0.29, 0.717) is 40.2 Å². The maximum Gasteiger partial charge on any atom is 0.166 e. The van der Waals surface area contributed by atoms with Crippen molar-refractivity contribution in [2.45, 2.75) is 6.54 Å². The predicted octanol–water partition coefficient (Wildman–Crippen LogP) is 4.53. The van der Waals surface area contributed by atoms with Gasteiger partial charge in [-0.2, -0.15) is 5.10 Å². The fourth-order valence-corrected chi connectivity index (χ4v) is 3.57. The summed E-state index contributed by atoms with van der Waals surface area (Å²) in [5.74, 6) is 1.97. The Balaban J connectivity index is 1.43. The molecule has 0 aliphatic heterocycles. The molecule has 0 radical (unpaired) electrons. The van der Waals surface area contributed by atoms with Crippen molar-refractivity contribution >= 4 is 17.4 Å². The summed E-state index contributed by atoms with van der Waals surface area (Å²) in [5, 5.41) is 8.08. The summed E-state index contributed by atoms with van der Waals surface area (Å²) in [7, 11) is 1.47. The zero-order valence-corrected chi connectivity index (χ0v) is 18.7. The first kappa shape index (κ1) is 21.5. The lowest BCUT2D eigenvalue weighted by Crippen LogP contribution is -2.05. The summed E-state index contributed by atoms with van der Waals surface area (Å²) in [6.45, 7) is 0.466. The predicted molar refractivity (Wildman–Crippen MR) is 125 cm³/mol. The highest BCUT2D eigenvalue weighted by Gasteiger charge is 2.16. The van der Waals surface area contributed by atoms with Crippen LogP contribution in [-0.4, -0.2) is 41.8 Å². The second-order valence-corrected chi connectivity index (χ2v) is 7.61. The average molecular weight is 477 g/mol. The molecule has 9 nitrogen and oxygen atoms in total. The highest BCUT2D eigenvalue weighted by atomic mass is 35.5. The number of ether oxygens (including phenoxy) is 1. The Morgan fingerprint density at radius 3 is 2.88 bits per heavy atom. The molecule has 0 aliphatic carbocycles. The topological polar surface area (TPSA) is 106 Å². The van der Waals surface area contributed by atoms with Crippen LogP contribution >= 0.6 is 11.6 Å². The number of hydrogen-bond donors (Lipinski definition) is 2. The molecule has 0 spiro atoms. The minimum Gasteiger partial charge on any atom is -0.496 e. The van der Waals surface area contributed by atoms with Crippen LogP contribution in [0.1, 0.15) is 5.82 Å². The number of anilines is 1. The molecule has 0 unspecified atom stereocenters. The van der Waals surface area contributed by atoms with Crippen LogP contribution in [0.2, 0.25) is 5.02 Å². The van der Waals surface area contributed by atoms with Gasteiger partial charge in [0.1, 0.15) is 23.2 Å². The van der Waals surface area contributed by atoms with Gasteiger partial charge in [0.15, 0.2) is 11.6 Å². The van der Waals surface area contributed by atoms with Crippen molar-refractivity contribution in [3.8, 4) is 34.2 Å². The SMILES string of the molecule is COc1cccc(F)c1-c1nccc(-c2cnn(-c3cc(Cl)cc(NCc4ncc[nH]4)n3)c2)n1. The zero-order valence-electron chi connectivity index (χ0n) is 17.9. The van der Waals surface area contributed by atoms with Gasteiger partial charge in [0, 0.05) is 41.4 Å². The van der Waals surface area contributed by atoms with Crippen molar-refractivity contribution in [1.29, 1.82) is 0 Å². The summed E-state index contributed by atoms with van der Waals surface area (Å²) >= 11 is 6.30. The molecule has 5 aromatic rings. The summed E-state index contributed by atoms with van der Waals surface area (Å²) < 4.78 is 21.4. The Kier molecular flexibility index (Phi) is 5.88. The maximum atomic E-state index is 14.5. The highest BCUT2D eigenvalue weighted by molar-refractivity contribution is 6.31. The van der Waals surface area contributed by atoms with Gasteiger partial charge >= 0.3 is 0 Å². The number of H-pyrrole nitrogens is 1. The minimum absolute atomic E-state index is 0.197. The Hall–Kier alpha value is -4.31. The lowest BCUT2D eigenvalue weighted by atomic mass is 10.1. The number of methoxy groups -OCH3 is 1. The number of rotatable bonds is 7. The zero-order chi connectivity index (χ0) is 23.5. The van der Waals surface area contributed by atoms with Gasteiger partial charge in [-0.25, -0.2) is 29.0 Å². The molecule has 0 amide bonds. The maximum absolute atomic E-state index is 14.5. The largest absolute Gasteiger partial charge is 0.496 e. The van der Waals surface area contributed by atoms with Crippen molar-refractivity contribution in [3.63, 3.8) is 0 Å². The fraction of sp³-hybridized carbons (Fsp3) is 0.0870. The third-order valence-electron chi connectivity index (χ3n) is 4.96. The van der Waals surface area contributed by atoms with Crippen LogP contribution in [0.4, 0.5) is 10.2 Å². The van der Waals surface area contributed by atoms with E-state index in [2.05, 4.69) is 35.3 Å². The van der Waals surface area contributed by atoms with Gasteiger partial charge in [0.05, 0.1) is 31.1 Å². The monoisotopic (exact) mass is 476 g/mol. The number of hydrogen-bond acceptors (Lipinski definition) is 7. The number of imidazole rings is 1. The average Bonchev–Trinajstić information content (AvgIpc) is 3.55. The molecule has 0 aliphatic rings. The third kappa shape index (κ3) is 4.44. The molecule has 1 aromatic carbocycles. The van der Waals surface area contributed by atoms with E-state index in [4.69, 9.17) is 16.3 Å². The normalized spacial score (nSPS) is 10.9. The number of nitrogens with one attached hydrogen (secondary N) is 2. The van der Waals surface area contributed by atoms with Gasteiger partial charge in [-0.1, -0.05) is 17.7 Å². The van der Waals surface area contributed by atoms with Gasteiger partial charge in [0.2, 0.25) is 0 Å². The molecule has 2 N–H and O–H groups in total. The first-order valence-corrected chi connectivity index (χ1v) is 10.6. The van der Waals surface area contributed by atoms with Gasteiger partial charge in [-0.05, 0) is 24.3 Å². The molecule has 0 fully saturated rings. The summed E-state index contributed by atoms with van der Waals surface area (Å²) in [6.07, 6.45) is 8.40. The molecule has 34 heavy (non-hydrogen) atoms. The van der Waals surface area contributed by atoms with Crippen molar-refractivity contribution in [1.82, 2.24) is 34.7 Å². The van der Waals surface area contributed by atoms with E-state index in [1.165, 1.54) is 13.2 Å². The third-order valence-corrected chi connectivity index (χ3v) is 5.17. The quantitative estimate of drug-likeness (QED) is 0.355. The number of benzene rings is 1. The van der Waals surface area contributed by atoms with E-state index < -0.39 is 5.82 Å². The molecular weight excluding hydrogens is 459 g/mol. The lowest BCUT2D eigenvalue weighted by molar-refractivity contribution is 0.413. The lowest BCUT2D eigenvalue weighted by Gasteiger charge is -2.09. The summed E-state index contributed by atoms with van der Waals surface area (Å²) in [4.78, 5) is 20.5. The van der Waals surface area contributed by atoms with E-state index in [9.17, 15) is 4.39 Å². The second kappa shape index (κ2) is 9.28.